The van der Waals surface area contributed by atoms with Gasteiger partial charge < -0.3 is 4.90 Å². The average molecular weight is 390 g/mol. The molecule has 1 amide bonds. The molecule has 150 valence electrons. The number of hydrogen-bond acceptors (Lipinski definition) is 2. The highest BCUT2D eigenvalue weighted by Crippen LogP contribution is 2.33. The number of benzene rings is 2. The van der Waals surface area contributed by atoms with Crippen molar-refractivity contribution in [2.24, 2.45) is 5.92 Å². The van der Waals surface area contributed by atoms with Crippen LogP contribution >= 0.6 is 0 Å². The van der Waals surface area contributed by atoms with Gasteiger partial charge in [0.2, 0.25) is 5.91 Å². The van der Waals surface area contributed by atoms with Gasteiger partial charge in [0.05, 0.1) is 11.5 Å². The molecule has 0 saturated carbocycles. The fraction of sp³-hybridized carbons (Fsp3) is 0.409. The zero-order valence-electron chi connectivity index (χ0n) is 16.0. The molecule has 28 heavy (non-hydrogen) atoms. The van der Waals surface area contributed by atoms with E-state index in [1.54, 1.807) is 18.0 Å². The Morgan fingerprint density at radius 1 is 1.11 bits per heavy atom. The predicted octanol–water partition coefficient (Wildman–Crippen LogP) is 4.58. The van der Waals surface area contributed by atoms with Crippen LogP contribution in [-0.2, 0) is 24.1 Å². The van der Waals surface area contributed by atoms with Gasteiger partial charge in [0.1, 0.15) is 0 Å². The molecular formula is C22H25F3N2O. The lowest BCUT2D eigenvalue weighted by atomic mass is 9.95. The van der Waals surface area contributed by atoms with Gasteiger partial charge in [0, 0.05) is 26.7 Å². The standard InChI is InChI=1S/C22H25F3N2O/c1-26(14-17-8-3-2-4-9-17)21(28)19-11-7-13-27(16-19)15-18-10-5-6-12-20(18)22(23,24)25/h2-6,8-10,12,19H,7,11,13-16H2,1H3/t19-/m0/s1. The molecular weight excluding hydrogens is 365 g/mol. The molecule has 1 saturated heterocycles. The minimum atomic E-state index is -4.36. The van der Waals surface area contributed by atoms with E-state index in [2.05, 4.69) is 0 Å². The molecule has 1 heterocycles. The van der Waals surface area contributed by atoms with E-state index in [1.165, 1.54) is 12.1 Å². The van der Waals surface area contributed by atoms with Crippen LogP contribution in [0.1, 0.15) is 29.5 Å². The molecule has 6 heteroatoms. The van der Waals surface area contributed by atoms with Gasteiger partial charge in [-0.15, -0.1) is 0 Å². The third-order valence-corrected chi connectivity index (χ3v) is 5.21. The molecule has 3 rings (SSSR count). The lowest BCUT2D eigenvalue weighted by Gasteiger charge is -2.34. The van der Waals surface area contributed by atoms with E-state index in [1.807, 2.05) is 35.2 Å². The second-order valence-corrected chi connectivity index (χ2v) is 7.41. The first-order valence-corrected chi connectivity index (χ1v) is 9.51. The molecule has 0 radical (unpaired) electrons. The summed E-state index contributed by atoms with van der Waals surface area (Å²) < 4.78 is 39.7. The second-order valence-electron chi connectivity index (χ2n) is 7.41. The molecule has 0 N–H and O–H groups in total. The molecule has 0 bridgehead atoms. The van der Waals surface area contributed by atoms with Crippen LogP contribution in [0.25, 0.3) is 0 Å². The largest absolute Gasteiger partial charge is 0.416 e. The fourth-order valence-corrected chi connectivity index (χ4v) is 3.82. The molecule has 1 aliphatic heterocycles. The van der Waals surface area contributed by atoms with Crippen molar-refractivity contribution < 1.29 is 18.0 Å². The number of halogens is 3. The number of amides is 1. The van der Waals surface area contributed by atoms with Gasteiger partial charge in [-0.1, -0.05) is 48.5 Å². The summed E-state index contributed by atoms with van der Waals surface area (Å²) >= 11 is 0. The van der Waals surface area contributed by atoms with Gasteiger partial charge in [0.15, 0.2) is 0 Å². The summed E-state index contributed by atoms with van der Waals surface area (Å²) in [6, 6.07) is 15.4. The van der Waals surface area contributed by atoms with Crippen LogP contribution in [0.3, 0.4) is 0 Å². The average Bonchev–Trinajstić information content (AvgIpc) is 2.68. The smallest absolute Gasteiger partial charge is 0.341 e. The highest BCUT2D eigenvalue weighted by molar-refractivity contribution is 5.79. The number of likely N-dealkylation sites (tertiary alicyclic amines) is 1. The Balaban J connectivity index is 1.64. The van der Waals surface area contributed by atoms with E-state index in [9.17, 15) is 18.0 Å². The van der Waals surface area contributed by atoms with Gasteiger partial charge in [0.25, 0.3) is 0 Å². The summed E-state index contributed by atoms with van der Waals surface area (Å²) in [4.78, 5) is 16.5. The van der Waals surface area contributed by atoms with Crippen molar-refractivity contribution in [2.45, 2.75) is 32.1 Å². The van der Waals surface area contributed by atoms with Crippen LogP contribution in [0.15, 0.2) is 54.6 Å². The van der Waals surface area contributed by atoms with E-state index in [-0.39, 0.29) is 23.9 Å². The highest BCUT2D eigenvalue weighted by Gasteiger charge is 2.34. The number of piperidine rings is 1. The Labute approximate surface area is 163 Å². The first kappa shape index (κ1) is 20.4. The number of carbonyl (C=O) groups excluding carboxylic acids is 1. The maximum atomic E-state index is 13.2. The van der Waals surface area contributed by atoms with Gasteiger partial charge in [-0.05, 0) is 36.6 Å². The third-order valence-electron chi connectivity index (χ3n) is 5.21. The van der Waals surface area contributed by atoms with Crippen LogP contribution in [0, 0.1) is 5.92 Å². The Bertz CT molecular complexity index is 792. The monoisotopic (exact) mass is 390 g/mol. The summed E-state index contributed by atoms with van der Waals surface area (Å²) in [7, 11) is 1.78. The van der Waals surface area contributed by atoms with Crippen molar-refractivity contribution in [1.29, 1.82) is 0 Å². The van der Waals surface area contributed by atoms with Gasteiger partial charge in [-0.3, -0.25) is 9.69 Å². The number of nitrogens with zero attached hydrogens (tertiary/aromatic N) is 2. The second kappa shape index (κ2) is 8.78. The first-order valence-electron chi connectivity index (χ1n) is 9.51. The molecule has 2 aromatic carbocycles. The summed E-state index contributed by atoms with van der Waals surface area (Å²) in [5.41, 5.74) is 0.732. The maximum Gasteiger partial charge on any atom is 0.416 e. The Kier molecular flexibility index (Phi) is 6.39. The van der Waals surface area contributed by atoms with E-state index >= 15 is 0 Å². The predicted molar refractivity (Wildman–Crippen MR) is 102 cm³/mol. The molecule has 1 fully saturated rings. The molecule has 0 spiro atoms. The van der Waals surface area contributed by atoms with Crippen LogP contribution < -0.4 is 0 Å². The van der Waals surface area contributed by atoms with Crippen molar-refractivity contribution in [3.05, 3.63) is 71.3 Å². The first-order chi connectivity index (χ1) is 13.3. The van der Waals surface area contributed by atoms with Crippen molar-refractivity contribution in [3.63, 3.8) is 0 Å². The van der Waals surface area contributed by atoms with Crippen LogP contribution in [-0.4, -0.2) is 35.8 Å². The molecule has 1 aliphatic rings. The number of hydrogen-bond donors (Lipinski definition) is 0. The van der Waals surface area contributed by atoms with Crippen molar-refractivity contribution in [3.8, 4) is 0 Å². The maximum absolute atomic E-state index is 13.2. The molecule has 0 aliphatic carbocycles. The van der Waals surface area contributed by atoms with Crippen LogP contribution in [0.2, 0.25) is 0 Å². The minimum Gasteiger partial charge on any atom is -0.341 e. The van der Waals surface area contributed by atoms with E-state index in [4.69, 9.17) is 0 Å². The summed E-state index contributed by atoms with van der Waals surface area (Å²) in [5, 5.41) is 0. The lowest BCUT2D eigenvalue weighted by Crippen LogP contribution is -2.43. The van der Waals surface area contributed by atoms with Crippen molar-refractivity contribution in [1.82, 2.24) is 9.80 Å². The normalized spacial score (nSPS) is 18.1. The summed E-state index contributed by atoms with van der Waals surface area (Å²) in [6.45, 7) is 1.94. The quantitative estimate of drug-likeness (QED) is 0.746. The van der Waals surface area contributed by atoms with Crippen molar-refractivity contribution in [2.75, 3.05) is 20.1 Å². The van der Waals surface area contributed by atoms with Crippen LogP contribution in [0.4, 0.5) is 13.2 Å². The zero-order chi connectivity index (χ0) is 20.1. The number of rotatable bonds is 5. The van der Waals surface area contributed by atoms with Gasteiger partial charge in [-0.2, -0.15) is 13.2 Å². The SMILES string of the molecule is CN(Cc1ccccc1)C(=O)[C@H]1CCCN(Cc2ccccc2C(F)(F)F)C1. The lowest BCUT2D eigenvalue weighted by molar-refractivity contribution is -0.139. The number of carbonyl (C=O) groups is 1. The third kappa shape index (κ3) is 5.13. The Hall–Kier alpha value is -2.34. The molecule has 1 atom stereocenters. The molecule has 0 aromatic heterocycles. The van der Waals surface area contributed by atoms with Crippen LogP contribution in [0.5, 0.6) is 0 Å². The topological polar surface area (TPSA) is 23.6 Å². The molecule has 2 aromatic rings. The summed E-state index contributed by atoms with van der Waals surface area (Å²) in [5.74, 6) is -0.127. The minimum absolute atomic E-state index is 0.0534. The van der Waals surface area contributed by atoms with Gasteiger partial charge >= 0.3 is 6.18 Å². The van der Waals surface area contributed by atoms with Crippen molar-refractivity contribution >= 4 is 5.91 Å². The van der Waals surface area contributed by atoms with E-state index in [0.717, 1.165) is 24.5 Å². The highest BCUT2D eigenvalue weighted by atomic mass is 19.4. The van der Waals surface area contributed by atoms with E-state index < -0.39 is 11.7 Å². The number of alkyl halides is 3. The van der Waals surface area contributed by atoms with Gasteiger partial charge in [-0.25, -0.2) is 0 Å². The molecule has 0 unspecified atom stereocenters. The summed E-state index contributed by atoms with van der Waals surface area (Å²) in [6.07, 6.45) is -2.78. The fourth-order valence-electron chi connectivity index (χ4n) is 3.82. The molecule has 3 nitrogen and oxygen atoms in total. The zero-order valence-corrected chi connectivity index (χ0v) is 16.0. The Morgan fingerprint density at radius 3 is 2.50 bits per heavy atom. The Morgan fingerprint density at radius 2 is 1.79 bits per heavy atom. The van der Waals surface area contributed by atoms with E-state index in [0.29, 0.717) is 19.6 Å².